The normalized spacial score (nSPS) is 16.5. The third-order valence-electron chi connectivity index (χ3n) is 5.89. The molecule has 2 heterocycles. The number of guanidine groups is 1. The van der Waals surface area contributed by atoms with Gasteiger partial charge >= 0.3 is 0 Å². The monoisotopic (exact) mass is 535 g/mol. The minimum absolute atomic E-state index is 0. The van der Waals surface area contributed by atoms with Gasteiger partial charge in [-0.1, -0.05) is 42.5 Å². The molecule has 0 bridgehead atoms. The van der Waals surface area contributed by atoms with Gasteiger partial charge in [-0.2, -0.15) is 0 Å². The first-order valence-corrected chi connectivity index (χ1v) is 11.0. The van der Waals surface area contributed by atoms with Crippen molar-refractivity contribution in [3.8, 4) is 0 Å². The van der Waals surface area contributed by atoms with Gasteiger partial charge in [0.05, 0.1) is 13.2 Å². The number of halogens is 1. The third kappa shape index (κ3) is 6.82. The fraction of sp³-hybridized carbons (Fsp3) is 0.458. The number of para-hydroxylation sites is 1. The Morgan fingerprint density at radius 1 is 0.968 bits per heavy atom. The maximum absolute atomic E-state index is 5.40. The minimum atomic E-state index is 0. The van der Waals surface area contributed by atoms with Gasteiger partial charge in [0.1, 0.15) is 0 Å². The third-order valence-corrected chi connectivity index (χ3v) is 5.89. The van der Waals surface area contributed by atoms with Crippen LogP contribution in [0.4, 0.5) is 5.69 Å². The van der Waals surface area contributed by atoms with Crippen LogP contribution in [0.2, 0.25) is 0 Å². The zero-order valence-corrected chi connectivity index (χ0v) is 20.7. The van der Waals surface area contributed by atoms with Crippen molar-refractivity contribution in [3.05, 3.63) is 65.2 Å². The Kier molecular flexibility index (Phi) is 9.42. The highest BCUT2D eigenvalue weighted by Crippen LogP contribution is 2.28. The minimum Gasteiger partial charge on any atom is -0.379 e. The van der Waals surface area contributed by atoms with Crippen LogP contribution in [-0.2, 0) is 24.2 Å². The molecule has 0 aromatic heterocycles. The van der Waals surface area contributed by atoms with Crippen LogP contribution >= 0.6 is 24.0 Å². The molecule has 4 rings (SSSR count). The van der Waals surface area contributed by atoms with E-state index in [0.29, 0.717) is 0 Å². The van der Waals surface area contributed by atoms with Gasteiger partial charge in [-0.25, -0.2) is 0 Å². The average molecular weight is 535 g/mol. The van der Waals surface area contributed by atoms with Crippen LogP contribution in [0.5, 0.6) is 0 Å². The topological polar surface area (TPSA) is 52.1 Å². The van der Waals surface area contributed by atoms with E-state index >= 15 is 0 Å². The predicted molar refractivity (Wildman–Crippen MR) is 139 cm³/mol. The smallest absolute Gasteiger partial charge is 0.191 e. The molecule has 2 aromatic carbocycles. The van der Waals surface area contributed by atoms with E-state index < -0.39 is 0 Å². The van der Waals surface area contributed by atoms with E-state index in [-0.39, 0.29) is 24.0 Å². The number of morpholine rings is 1. The lowest BCUT2D eigenvalue weighted by molar-refractivity contribution is 0.0389. The lowest BCUT2D eigenvalue weighted by atomic mass is 10.1. The summed E-state index contributed by atoms with van der Waals surface area (Å²) in [4.78, 5) is 9.23. The zero-order chi connectivity index (χ0) is 20.6. The van der Waals surface area contributed by atoms with Gasteiger partial charge < -0.3 is 20.3 Å². The van der Waals surface area contributed by atoms with E-state index in [4.69, 9.17) is 4.74 Å². The van der Waals surface area contributed by atoms with Crippen molar-refractivity contribution in [1.29, 1.82) is 0 Å². The second-order valence-electron chi connectivity index (χ2n) is 7.92. The van der Waals surface area contributed by atoms with E-state index in [9.17, 15) is 0 Å². The van der Waals surface area contributed by atoms with Crippen molar-refractivity contribution in [3.63, 3.8) is 0 Å². The predicted octanol–water partition coefficient (Wildman–Crippen LogP) is 2.86. The van der Waals surface area contributed by atoms with Crippen LogP contribution in [0, 0.1) is 0 Å². The largest absolute Gasteiger partial charge is 0.379 e. The fourth-order valence-electron chi connectivity index (χ4n) is 4.12. The molecule has 2 aliphatic heterocycles. The fourth-order valence-corrected chi connectivity index (χ4v) is 4.12. The first kappa shape index (κ1) is 23.8. The van der Waals surface area contributed by atoms with E-state index in [1.165, 1.54) is 22.4 Å². The number of rotatable bonds is 7. The standard InChI is InChI=1S/C24H33N5O.HI/c1-25-24(26-11-13-28-14-16-30-17-15-28)27-18-20-6-8-21(9-7-20)19-29-12-10-22-4-2-3-5-23(22)29;/h2-9H,10-19H2,1H3,(H2,25,26,27);1H. The van der Waals surface area contributed by atoms with Crippen LogP contribution in [0.3, 0.4) is 0 Å². The Labute approximate surface area is 203 Å². The molecule has 2 aromatic rings. The summed E-state index contributed by atoms with van der Waals surface area (Å²) in [6, 6.07) is 17.7. The summed E-state index contributed by atoms with van der Waals surface area (Å²) in [7, 11) is 1.82. The summed E-state index contributed by atoms with van der Waals surface area (Å²) in [5.41, 5.74) is 5.46. The number of nitrogens with zero attached hydrogens (tertiary/aromatic N) is 3. The summed E-state index contributed by atoms with van der Waals surface area (Å²) in [5, 5.41) is 6.82. The Morgan fingerprint density at radius 2 is 1.71 bits per heavy atom. The van der Waals surface area contributed by atoms with E-state index in [1.807, 2.05) is 7.05 Å². The summed E-state index contributed by atoms with van der Waals surface area (Å²) >= 11 is 0. The van der Waals surface area contributed by atoms with Gasteiger partial charge in [-0.3, -0.25) is 9.89 Å². The summed E-state index contributed by atoms with van der Waals surface area (Å²) in [5.74, 6) is 0.848. The number of ether oxygens (including phenoxy) is 1. The molecule has 0 atom stereocenters. The number of hydrogen-bond acceptors (Lipinski definition) is 4. The molecule has 7 heteroatoms. The van der Waals surface area contributed by atoms with E-state index in [0.717, 1.165) is 71.4 Å². The van der Waals surface area contributed by atoms with Gasteiger partial charge in [0.15, 0.2) is 5.96 Å². The number of anilines is 1. The molecule has 1 fully saturated rings. The SMILES string of the molecule is CN=C(NCCN1CCOCC1)NCc1ccc(CN2CCc3ccccc32)cc1.I. The maximum Gasteiger partial charge on any atom is 0.191 e. The Hall–Kier alpha value is -1.84. The van der Waals surface area contributed by atoms with Crippen LogP contribution in [0.1, 0.15) is 16.7 Å². The lowest BCUT2D eigenvalue weighted by Crippen LogP contribution is -2.44. The zero-order valence-electron chi connectivity index (χ0n) is 18.3. The Bertz CT molecular complexity index is 836. The van der Waals surface area contributed by atoms with Gasteiger partial charge in [0, 0.05) is 58.5 Å². The quantitative estimate of drug-likeness (QED) is 0.325. The van der Waals surface area contributed by atoms with Crippen LogP contribution in [-0.4, -0.2) is 63.8 Å². The molecule has 0 saturated carbocycles. The van der Waals surface area contributed by atoms with Crippen molar-refractivity contribution in [2.75, 3.05) is 57.9 Å². The molecule has 0 aliphatic carbocycles. The molecular formula is C24H34IN5O. The molecule has 0 radical (unpaired) electrons. The number of benzene rings is 2. The van der Waals surface area contributed by atoms with Gasteiger partial charge in [-0.15, -0.1) is 24.0 Å². The highest BCUT2D eigenvalue weighted by molar-refractivity contribution is 14.0. The van der Waals surface area contributed by atoms with Gasteiger partial charge in [0.2, 0.25) is 0 Å². The van der Waals surface area contributed by atoms with Crippen LogP contribution in [0.15, 0.2) is 53.5 Å². The molecular weight excluding hydrogens is 501 g/mol. The summed E-state index contributed by atoms with van der Waals surface area (Å²) in [6.07, 6.45) is 1.15. The van der Waals surface area contributed by atoms with Crippen molar-refractivity contribution in [1.82, 2.24) is 15.5 Å². The maximum atomic E-state index is 5.40. The van der Waals surface area contributed by atoms with Crippen molar-refractivity contribution < 1.29 is 4.74 Å². The molecule has 6 nitrogen and oxygen atoms in total. The number of hydrogen-bond donors (Lipinski definition) is 2. The highest BCUT2D eigenvalue weighted by atomic mass is 127. The van der Waals surface area contributed by atoms with Gasteiger partial charge in [-0.05, 0) is 29.2 Å². The van der Waals surface area contributed by atoms with Gasteiger partial charge in [0.25, 0.3) is 0 Å². The first-order valence-electron chi connectivity index (χ1n) is 11.0. The molecule has 0 spiro atoms. The van der Waals surface area contributed by atoms with E-state index in [2.05, 4.69) is 74.0 Å². The van der Waals surface area contributed by atoms with Crippen LogP contribution in [0.25, 0.3) is 0 Å². The molecule has 2 N–H and O–H groups in total. The number of nitrogens with one attached hydrogen (secondary N) is 2. The van der Waals surface area contributed by atoms with Crippen molar-refractivity contribution >= 4 is 35.6 Å². The molecule has 0 unspecified atom stereocenters. The second-order valence-corrected chi connectivity index (χ2v) is 7.92. The molecule has 1 saturated heterocycles. The summed E-state index contributed by atoms with van der Waals surface area (Å²) < 4.78 is 5.40. The molecule has 168 valence electrons. The molecule has 0 amide bonds. The highest BCUT2D eigenvalue weighted by Gasteiger charge is 2.18. The first-order chi connectivity index (χ1) is 14.8. The van der Waals surface area contributed by atoms with E-state index in [1.54, 1.807) is 0 Å². The van der Waals surface area contributed by atoms with Crippen molar-refractivity contribution in [2.45, 2.75) is 19.5 Å². The number of fused-ring (bicyclic) bond motifs is 1. The van der Waals surface area contributed by atoms with Crippen LogP contribution < -0.4 is 15.5 Å². The number of aliphatic imine (C=N–C) groups is 1. The lowest BCUT2D eigenvalue weighted by Gasteiger charge is -2.26. The Morgan fingerprint density at radius 3 is 2.48 bits per heavy atom. The summed E-state index contributed by atoms with van der Waals surface area (Å²) in [6.45, 7) is 8.45. The molecule has 2 aliphatic rings. The van der Waals surface area contributed by atoms with Crippen molar-refractivity contribution in [2.24, 2.45) is 4.99 Å². The molecule has 31 heavy (non-hydrogen) atoms. The second kappa shape index (κ2) is 12.3. The average Bonchev–Trinajstić information content (AvgIpc) is 3.20. The Balaban J connectivity index is 0.00000272.